The molecule has 0 spiro atoms. The minimum absolute atomic E-state index is 0.0269. The van der Waals surface area contributed by atoms with E-state index in [0.717, 1.165) is 40.1 Å². The van der Waals surface area contributed by atoms with Crippen molar-refractivity contribution in [3.63, 3.8) is 0 Å². The van der Waals surface area contributed by atoms with Gasteiger partial charge >= 0.3 is 0 Å². The number of hydrogen-bond acceptors (Lipinski definition) is 5. The Kier molecular flexibility index (Phi) is 4.03. The molecular weight excluding hydrogens is 272 g/mol. The first-order valence-electron chi connectivity index (χ1n) is 6.94. The van der Waals surface area contributed by atoms with Gasteiger partial charge < -0.3 is 9.67 Å². The van der Waals surface area contributed by atoms with Crippen LogP contribution < -0.4 is 0 Å². The van der Waals surface area contributed by atoms with E-state index in [-0.39, 0.29) is 6.61 Å². The summed E-state index contributed by atoms with van der Waals surface area (Å²) in [6, 6.07) is 1.97. The van der Waals surface area contributed by atoms with Crippen molar-refractivity contribution < 1.29 is 5.11 Å². The third kappa shape index (κ3) is 2.71. The Hall–Kier alpha value is -1.40. The molecule has 3 rings (SSSR count). The zero-order chi connectivity index (χ0) is 13.9. The minimum Gasteiger partial charge on any atom is -0.392 e. The summed E-state index contributed by atoms with van der Waals surface area (Å²) in [5.41, 5.74) is 1.90. The van der Waals surface area contributed by atoms with Crippen LogP contribution in [0.4, 0.5) is 0 Å². The topological polar surface area (TPSA) is 63.8 Å². The molecule has 0 atom stereocenters. The lowest BCUT2D eigenvalue weighted by molar-refractivity contribution is 0.281. The lowest BCUT2D eigenvalue weighted by Gasteiger charge is -2.08. The number of pyridine rings is 1. The summed E-state index contributed by atoms with van der Waals surface area (Å²) >= 11 is 1.56. The van der Waals surface area contributed by atoms with Crippen LogP contribution in [0.3, 0.4) is 0 Å². The maximum absolute atomic E-state index is 9.13. The summed E-state index contributed by atoms with van der Waals surface area (Å²) in [6.07, 6.45) is 6.38. The lowest BCUT2D eigenvalue weighted by atomic mass is 10.2. The number of fused-ring (bicyclic) bond motifs is 1. The fourth-order valence-corrected chi connectivity index (χ4v) is 3.32. The zero-order valence-corrected chi connectivity index (χ0v) is 12.4. The van der Waals surface area contributed by atoms with Gasteiger partial charge in [0.1, 0.15) is 10.9 Å². The molecular formula is C14H18N4OS. The van der Waals surface area contributed by atoms with Crippen LogP contribution in [0.1, 0.15) is 36.2 Å². The van der Waals surface area contributed by atoms with Crippen molar-refractivity contribution in [1.29, 1.82) is 0 Å². The van der Waals surface area contributed by atoms with Crippen molar-refractivity contribution in [2.24, 2.45) is 0 Å². The monoisotopic (exact) mass is 290 g/mol. The summed E-state index contributed by atoms with van der Waals surface area (Å²) < 4.78 is 2.22. The van der Waals surface area contributed by atoms with Gasteiger partial charge in [-0.3, -0.25) is 0 Å². The van der Waals surface area contributed by atoms with E-state index in [1.807, 2.05) is 13.0 Å². The van der Waals surface area contributed by atoms with E-state index < -0.39 is 0 Å². The van der Waals surface area contributed by atoms with Crippen LogP contribution in [-0.2, 0) is 19.6 Å². The number of nitrogens with zero attached hydrogens (tertiary/aromatic N) is 4. The molecule has 1 N–H and O–H groups in total. The second-order valence-electron chi connectivity index (χ2n) is 5.09. The van der Waals surface area contributed by atoms with Crippen molar-refractivity contribution in [1.82, 2.24) is 19.7 Å². The first-order valence-corrected chi connectivity index (χ1v) is 7.76. The predicted octanol–water partition coefficient (Wildman–Crippen LogP) is 2.35. The number of aliphatic hydroxyl groups excluding tert-OH is 1. The maximum Gasteiger partial charge on any atom is 0.197 e. The number of aryl methyl sites for hydroxylation is 2. The molecule has 0 radical (unpaired) electrons. The molecule has 0 saturated heterocycles. The van der Waals surface area contributed by atoms with Gasteiger partial charge in [0.05, 0.1) is 6.61 Å². The summed E-state index contributed by atoms with van der Waals surface area (Å²) in [4.78, 5) is 4.42. The maximum atomic E-state index is 9.13. The molecule has 0 bridgehead atoms. The smallest absolute Gasteiger partial charge is 0.197 e. The van der Waals surface area contributed by atoms with Crippen molar-refractivity contribution in [3.8, 4) is 0 Å². The minimum atomic E-state index is 0.0269. The molecule has 2 aromatic heterocycles. The number of rotatable bonds is 3. The Morgan fingerprint density at radius 1 is 1.30 bits per heavy atom. The van der Waals surface area contributed by atoms with Crippen LogP contribution in [0.2, 0.25) is 0 Å². The second kappa shape index (κ2) is 5.93. The fraction of sp³-hybridized carbons (Fsp3) is 0.500. The van der Waals surface area contributed by atoms with Crippen LogP contribution in [0.15, 0.2) is 22.4 Å². The van der Waals surface area contributed by atoms with E-state index in [2.05, 4.69) is 19.7 Å². The number of hydrogen-bond donors (Lipinski definition) is 1. The van der Waals surface area contributed by atoms with E-state index in [0.29, 0.717) is 0 Å². The average Bonchev–Trinajstić information content (AvgIpc) is 2.69. The highest BCUT2D eigenvalue weighted by Gasteiger charge is 2.16. The van der Waals surface area contributed by atoms with Crippen LogP contribution in [0, 0.1) is 6.92 Å². The number of aromatic nitrogens is 4. The Morgan fingerprint density at radius 3 is 3.00 bits per heavy atom. The molecule has 0 aliphatic carbocycles. The van der Waals surface area contributed by atoms with Gasteiger partial charge in [-0.25, -0.2) is 4.98 Å². The third-order valence-corrected chi connectivity index (χ3v) is 4.64. The molecule has 3 heterocycles. The zero-order valence-electron chi connectivity index (χ0n) is 11.5. The Balaban J connectivity index is 1.86. The van der Waals surface area contributed by atoms with Gasteiger partial charge in [-0.1, -0.05) is 6.42 Å². The Bertz CT molecular complexity index is 611. The molecule has 20 heavy (non-hydrogen) atoms. The normalized spacial score (nSPS) is 14.9. The van der Waals surface area contributed by atoms with Crippen molar-refractivity contribution in [3.05, 3.63) is 29.2 Å². The van der Waals surface area contributed by atoms with Crippen LogP contribution in [0.25, 0.3) is 0 Å². The molecule has 2 aromatic rings. The van der Waals surface area contributed by atoms with Crippen molar-refractivity contribution in [2.45, 2.75) is 55.9 Å². The molecule has 1 aliphatic heterocycles. The molecule has 0 fully saturated rings. The van der Waals surface area contributed by atoms with Gasteiger partial charge in [0.25, 0.3) is 0 Å². The molecule has 5 nitrogen and oxygen atoms in total. The SMILES string of the molecule is Cc1cc(CO)cnc1Sc1nnc2n1CCCCC2. The van der Waals surface area contributed by atoms with Gasteiger partial charge in [0, 0.05) is 19.2 Å². The Labute approximate surface area is 122 Å². The highest BCUT2D eigenvalue weighted by Crippen LogP contribution is 2.29. The largest absolute Gasteiger partial charge is 0.392 e. The summed E-state index contributed by atoms with van der Waals surface area (Å²) in [5, 5.41) is 19.6. The van der Waals surface area contributed by atoms with Crippen molar-refractivity contribution in [2.75, 3.05) is 0 Å². The van der Waals surface area contributed by atoms with Gasteiger partial charge in [0.2, 0.25) is 0 Å². The van der Waals surface area contributed by atoms with E-state index in [9.17, 15) is 0 Å². The predicted molar refractivity (Wildman–Crippen MR) is 76.6 cm³/mol. The molecule has 1 aliphatic rings. The van der Waals surface area contributed by atoms with Crippen LogP contribution in [0.5, 0.6) is 0 Å². The fourth-order valence-electron chi connectivity index (χ4n) is 2.43. The lowest BCUT2D eigenvalue weighted by Crippen LogP contribution is -2.02. The van der Waals surface area contributed by atoms with Gasteiger partial charge in [-0.15, -0.1) is 10.2 Å². The third-order valence-electron chi connectivity index (χ3n) is 3.53. The second-order valence-corrected chi connectivity index (χ2v) is 6.04. The van der Waals surface area contributed by atoms with E-state index in [1.165, 1.54) is 19.3 Å². The van der Waals surface area contributed by atoms with Crippen LogP contribution in [-0.4, -0.2) is 24.9 Å². The molecule has 0 saturated carbocycles. The van der Waals surface area contributed by atoms with Gasteiger partial charge in [-0.05, 0) is 48.7 Å². The Morgan fingerprint density at radius 2 is 2.20 bits per heavy atom. The van der Waals surface area contributed by atoms with Crippen LogP contribution >= 0.6 is 11.8 Å². The quantitative estimate of drug-likeness (QED) is 0.940. The van der Waals surface area contributed by atoms with Crippen molar-refractivity contribution >= 4 is 11.8 Å². The summed E-state index contributed by atoms with van der Waals surface area (Å²) in [6.45, 7) is 3.03. The summed E-state index contributed by atoms with van der Waals surface area (Å²) in [7, 11) is 0. The van der Waals surface area contributed by atoms with Gasteiger partial charge in [0.15, 0.2) is 5.16 Å². The summed E-state index contributed by atoms with van der Waals surface area (Å²) in [5.74, 6) is 1.09. The van der Waals surface area contributed by atoms with Gasteiger partial charge in [-0.2, -0.15) is 0 Å². The van der Waals surface area contributed by atoms with E-state index in [1.54, 1.807) is 18.0 Å². The first-order chi connectivity index (χ1) is 9.78. The van der Waals surface area contributed by atoms with E-state index >= 15 is 0 Å². The average molecular weight is 290 g/mol. The molecule has 0 aromatic carbocycles. The van der Waals surface area contributed by atoms with E-state index in [4.69, 9.17) is 5.11 Å². The standard InChI is InChI=1S/C14H18N4OS/c1-10-7-11(9-19)8-15-13(10)20-14-17-16-12-5-3-2-4-6-18(12)14/h7-8,19H,2-6,9H2,1H3. The highest BCUT2D eigenvalue weighted by atomic mass is 32.2. The molecule has 6 heteroatoms. The molecule has 106 valence electrons. The molecule has 0 unspecified atom stereocenters. The number of aliphatic hydroxyl groups is 1. The highest BCUT2D eigenvalue weighted by molar-refractivity contribution is 7.99. The first kappa shape index (κ1) is 13.6. The molecule has 0 amide bonds.